The van der Waals surface area contributed by atoms with Crippen LogP contribution in [0.3, 0.4) is 0 Å². The number of hydrogen-bond donors (Lipinski definition) is 0. The Morgan fingerprint density at radius 2 is 1.06 bits per heavy atom. The summed E-state index contributed by atoms with van der Waals surface area (Å²) in [7, 11) is 9.16. The van der Waals surface area contributed by atoms with Gasteiger partial charge in [-0.25, -0.2) is 0 Å². The van der Waals surface area contributed by atoms with Crippen LogP contribution in [0.5, 0.6) is 40.2 Å². The third-order valence-electron chi connectivity index (χ3n) is 9.85. The smallest absolute Gasteiger partial charge is 0.308 e. The van der Waals surface area contributed by atoms with Crippen molar-refractivity contribution >= 4 is 11.9 Å². The molecule has 2 heterocycles. The van der Waals surface area contributed by atoms with Crippen LogP contribution in [0.4, 0.5) is 0 Å². The Balaban J connectivity index is 1.24. The lowest BCUT2D eigenvalue weighted by Gasteiger charge is -2.35. The van der Waals surface area contributed by atoms with Crippen LogP contribution in [-0.4, -0.2) is 70.3 Å². The van der Waals surface area contributed by atoms with Crippen LogP contribution in [0.15, 0.2) is 66.7 Å². The molecule has 0 spiro atoms. The minimum absolute atomic E-state index is 0.00442. The van der Waals surface area contributed by atoms with E-state index in [-0.39, 0.29) is 12.1 Å². The molecular formula is C41H46N2O8. The second-order valence-corrected chi connectivity index (χ2v) is 13.2. The molecule has 51 heavy (non-hydrogen) atoms. The molecule has 2 aliphatic heterocycles. The van der Waals surface area contributed by atoms with Gasteiger partial charge in [-0.15, -0.1) is 0 Å². The quantitative estimate of drug-likeness (QED) is 0.122. The van der Waals surface area contributed by atoms with Crippen LogP contribution in [0.1, 0.15) is 59.3 Å². The molecule has 0 aromatic heterocycles. The van der Waals surface area contributed by atoms with Gasteiger partial charge in [0.05, 0.1) is 21.3 Å². The number of fused-ring (bicyclic) bond motifs is 2. The standard InChI is InChI=1S/C41H46N2O8/c1-25(44)49-36-13-10-28(19-35-33-24-41(50-26(2)45)38(47-6)22-30(33)15-17-43(35)4)20-40(36)51-31-11-8-27(9-12-31)18-34-32-23-39(48-7)37(46-5)21-29(32)14-16-42(34)3/h8-13,20-24,34-35H,14-19H2,1-7H3. The fourth-order valence-corrected chi connectivity index (χ4v) is 7.18. The molecule has 0 bridgehead atoms. The zero-order valence-electron chi connectivity index (χ0n) is 30.4. The highest BCUT2D eigenvalue weighted by Gasteiger charge is 2.29. The van der Waals surface area contributed by atoms with Crippen molar-refractivity contribution in [2.45, 2.75) is 51.6 Å². The Bertz CT molecular complexity index is 1910. The number of likely N-dealkylation sites (N-methyl/N-ethyl adjacent to an activating group) is 2. The summed E-state index contributed by atoms with van der Waals surface area (Å²) in [5, 5.41) is 0. The van der Waals surface area contributed by atoms with E-state index >= 15 is 0 Å². The fourth-order valence-electron chi connectivity index (χ4n) is 7.18. The van der Waals surface area contributed by atoms with Gasteiger partial charge in [-0.3, -0.25) is 19.4 Å². The number of methoxy groups -OCH3 is 3. The first-order chi connectivity index (χ1) is 24.6. The first-order valence-electron chi connectivity index (χ1n) is 17.2. The summed E-state index contributed by atoms with van der Waals surface area (Å²) in [6.07, 6.45) is 3.26. The van der Waals surface area contributed by atoms with Crippen molar-refractivity contribution in [2.75, 3.05) is 48.5 Å². The maximum atomic E-state index is 12.0. The van der Waals surface area contributed by atoms with Gasteiger partial charge in [0.25, 0.3) is 0 Å². The molecule has 4 aromatic rings. The number of ether oxygens (including phenoxy) is 6. The minimum Gasteiger partial charge on any atom is -0.493 e. The lowest BCUT2D eigenvalue weighted by atomic mass is 9.88. The number of carbonyl (C=O) groups excluding carboxylic acids is 2. The summed E-state index contributed by atoms with van der Waals surface area (Å²) < 4.78 is 34.2. The first-order valence-corrected chi connectivity index (χ1v) is 17.2. The summed E-state index contributed by atoms with van der Waals surface area (Å²) in [5.41, 5.74) is 6.92. The third-order valence-corrected chi connectivity index (χ3v) is 9.85. The zero-order valence-corrected chi connectivity index (χ0v) is 30.4. The number of benzene rings is 4. The van der Waals surface area contributed by atoms with Crippen molar-refractivity contribution in [3.05, 3.63) is 100 Å². The van der Waals surface area contributed by atoms with Crippen LogP contribution in [-0.2, 0) is 35.3 Å². The SMILES string of the molecule is COc1cc2c(cc1OC)C(Cc1ccc(Oc3cc(CC4c5cc(OC(C)=O)c(OC)cc5CCN4C)ccc3OC(C)=O)cc1)N(C)CC2. The first kappa shape index (κ1) is 35.8. The highest BCUT2D eigenvalue weighted by molar-refractivity contribution is 5.71. The van der Waals surface area contributed by atoms with Crippen LogP contribution < -0.4 is 28.4 Å². The summed E-state index contributed by atoms with van der Waals surface area (Å²) >= 11 is 0. The van der Waals surface area contributed by atoms with Gasteiger partial charge in [-0.05, 0) is 122 Å². The maximum Gasteiger partial charge on any atom is 0.308 e. The predicted molar refractivity (Wildman–Crippen MR) is 194 cm³/mol. The zero-order chi connectivity index (χ0) is 36.2. The molecule has 0 aliphatic carbocycles. The Hall–Kier alpha value is -5.06. The Kier molecular flexibility index (Phi) is 10.8. The highest BCUT2D eigenvalue weighted by Crippen LogP contribution is 2.42. The second-order valence-electron chi connectivity index (χ2n) is 13.2. The van der Waals surface area contributed by atoms with Gasteiger partial charge in [0.1, 0.15) is 5.75 Å². The van der Waals surface area contributed by atoms with Gasteiger partial charge in [0.15, 0.2) is 34.5 Å². The maximum absolute atomic E-state index is 12.0. The molecule has 0 amide bonds. The van der Waals surface area contributed by atoms with Crippen LogP contribution in [0.25, 0.3) is 0 Å². The molecule has 4 aromatic carbocycles. The largest absolute Gasteiger partial charge is 0.493 e. The monoisotopic (exact) mass is 694 g/mol. The Labute approximate surface area is 299 Å². The average molecular weight is 695 g/mol. The van der Waals surface area contributed by atoms with E-state index in [9.17, 15) is 9.59 Å². The molecule has 0 saturated heterocycles. The van der Waals surface area contributed by atoms with Crippen LogP contribution in [0.2, 0.25) is 0 Å². The van der Waals surface area contributed by atoms with E-state index in [2.05, 4.69) is 48.2 Å². The second kappa shape index (κ2) is 15.4. The van der Waals surface area contributed by atoms with Crippen LogP contribution >= 0.6 is 0 Å². The van der Waals surface area contributed by atoms with Gasteiger partial charge < -0.3 is 28.4 Å². The Morgan fingerprint density at radius 3 is 1.61 bits per heavy atom. The summed E-state index contributed by atoms with van der Waals surface area (Å²) in [4.78, 5) is 28.5. The van der Waals surface area contributed by atoms with Gasteiger partial charge >= 0.3 is 11.9 Å². The molecule has 0 radical (unpaired) electrons. The number of nitrogens with zero attached hydrogens (tertiary/aromatic N) is 2. The van der Waals surface area contributed by atoms with Crippen molar-refractivity contribution in [3.63, 3.8) is 0 Å². The highest BCUT2D eigenvalue weighted by atomic mass is 16.6. The Morgan fingerprint density at radius 1 is 0.588 bits per heavy atom. The van der Waals surface area contributed by atoms with E-state index in [1.54, 1.807) is 27.4 Å². The van der Waals surface area contributed by atoms with Gasteiger partial charge in [0.2, 0.25) is 0 Å². The molecule has 10 heteroatoms. The van der Waals surface area contributed by atoms with E-state index in [4.69, 9.17) is 28.4 Å². The lowest BCUT2D eigenvalue weighted by molar-refractivity contribution is -0.132. The summed E-state index contributed by atoms with van der Waals surface area (Å²) in [6.45, 7) is 4.57. The predicted octanol–water partition coefficient (Wildman–Crippen LogP) is 6.90. The van der Waals surface area contributed by atoms with Crippen molar-refractivity contribution in [1.82, 2.24) is 9.80 Å². The van der Waals surface area contributed by atoms with Gasteiger partial charge in [-0.1, -0.05) is 18.2 Å². The molecule has 0 N–H and O–H groups in total. The van der Waals surface area contributed by atoms with Crippen molar-refractivity contribution < 1.29 is 38.0 Å². The third kappa shape index (κ3) is 7.97. The molecule has 268 valence electrons. The molecule has 0 fully saturated rings. The topological polar surface area (TPSA) is 96.0 Å². The number of rotatable bonds is 11. The number of esters is 2. The van der Waals surface area contributed by atoms with Crippen molar-refractivity contribution in [3.8, 4) is 40.2 Å². The van der Waals surface area contributed by atoms with Crippen molar-refractivity contribution in [1.29, 1.82) is 0 Å². The number of carbonyl (C=O) groups is 2. The van der Waals surface area contributed by atoms with E-state index in [1.165, 1.54) is 30.5 Å². The normalized spacial score (nSPS) is 17.2. The molecule has 0 saturated carbocycles. The molecule has 6 rings (SSSR count). The lowest BCUT2D eigenvalue weighted by Crippen LogP contribution is -2.33. The minimum atomic E-state index is -0.429. The summed E-state index contributed by atoms with van der Waals surface area (Å²) in [5.74, 6) is 3.02. The molecule has 2 unspecified atom stereocenters. The fraction of sp³-hybridized carbons (Fsp3) is 0.366. The van der Waals surface area contributed by atoms with E-state index < -0.39 is 11.9 Å². The molecule has 2 atom stereocenters. The van der Waals surface area contributed by atoms with E-state index in [1.807, 2.05) is 36.4 Å². The van der Waals surface area contributed by atoms with Gasteiger partial charge in [-0.2, -0.15) is 0 Å². The van der Waals surface area contributed by atoms with E-state index in [0.717, 1.165) is 60.5 Å². The average Bonchev–Trinajstić information content (AvgIpc) is 3.11. The molecule has 2 aliphatic rings. The van der Waals surface area contributed by atoms with Crippen molar-refractivity contribution in [2.24, 2.45) is 0 Å². The number of hydrogen-bond acceptors (Lipinski definition) is 10. The molecule has 10 nitrogen and oxygen atoms in total. The van der Waals surface area contributed by atoms with Crippen LogP contribution in [0, 0.1) is 0 Å². The molecular weight excluding hydrogens is 648 g/mol. The van der Waals surface area contributed by atoms with Gasteiger partial charge in [0, 0.05) is 39.0 Å². The summed E-state index contributed by atoms with van der Waals surface area (Å²) in [6, 6.07) is 22.0. The van der Waals surface area contributed by atoms with E-state index in [0.29, 0.717) is 35.2 Å².